The van der Waals surface area contributed by atoms with Crippen LogP contribution in [0, 0.1) is 0 Å². The van der Waals surface area contributed by atoms with E-state index < -0.39 is 0 Å². The summed E-state index contributed by atoms with van der Waals surface area (Å²) >= 11 is 0. The molecule has 1 N–H and O–H groups in total. The van der Waals surface area contributed by atoms with Gasteiger partial charge in [0, 0.05) is 25.1 Å². The van der Waals surface area contributed by atoms with E-state index in [4.69, 9.17) is 9.47 Å². The van der Waals surface area contributed by atoms with E-state index in [0.717, 1.165) is 23.2 Å². The molecule has 1 heterocycles. The highest BCUT2D eigenvalue weighted by Gasteiger charge is 2.11. The first-order valence-corrected chi connectivity index (χ1v) is 6.93. The molecule has 2 aromatic rings. The van der Waals surface area contributed by atoms with Gasteiger partial charge in [-0.2, -0.15) is 0 Å². The number of hydrogen-bond donors (Lipinski definition) is 1. The molecule has 0 aliphatic carbocycles. The fourth-order valence-electron chi connectivity index (χ4n) is 2.00. The monoisotopic (exact) mass is 274 g/mol. The van der Waals surface area contributed by atoms with Gasteiger partial charge in [-0.05, 0) is 12.1 Å². The summed E-state index contributed by atoms with van der Waals surface area (Å²) in [6.07, 6.45) is 1.74. The van der Waals surface area contributed by atoms with Crippen molar-refractivity contribution in [2.45, 2.75) is 26.0 Å². The molecule has 0 spiro atoms. The van der Waals surface area contributed by atoms with Gasteiger partial charge in [0.1, 0.15) is 11.9 Å². The number of fused-ring (bicyclic) bond motifs is 1. The lowest BCUT2D eigenvalue weighted by Crippen LogP contribution is -2.38. The van der Waals surface area contributed by atoms with Crippen molar-refractivity contribution >= 4 is 10.9 Å². The molecule has 0 aliphatic rings. The molecule has 0 saturated heterocycles. The van der Waals surface area contributed by atoms with Crippen molar-refractivity contribution in [3.05, 3.63) is 36.5 Å². The lowest BCUT2D eigenvalue weighted by molar-refractivity contribution is 0.0793. The first-order valence-electron chi connectivity index (χ1n) is 6.93. The smallest absolute Gasteiger partial charge is 0.138 e. The molecule has 4 heteroatoms. The average Bonchev–Trinajstić information content (AvgIpc) is 2.45. The maximum atomic E-state index is 5.96. The van der Waals surface area contributed by atoms with Gasteiger partial charge in [-0.15, -0.1) is 0 Å². The molecule has 0 bridgehead atoms. The van der Waals surface area contributed by atoms with Gasteiger partial charge in [0.2, 0.25) is 0 Å². The molecular formula is C16H22N2O2. The number of benzene rings is 1. The molecule has 0 amide bonds. The minimum atomic E-state index is -0.0228. The number of nitrogens with one attached hydrogen (secondary N) is 1. The van der Waals surface area contributed by atoms with Crippen LogP contribution >= 0.6 is 0 Å². The van der Waals surface area contributed by atoms with Crippen LogP contribution in [-0.4, -0.2) is 37.4 Å². The maximum absolute atomic E-state index is 5.96. The normalized spacial score (nSPS) is 12.8. The highest BCUT2D eigenvalue weighted by molar-refractivity contribution is 5.79. The summed E-state index contributed by atoms with van der Waals surface area (Å²) in [5.41, 5.74) is 0.975. The van der Waals surface area contributed by atoms with Gasteiger partial charge in [-0.3, -0.25) is 4.98 Å². The highest BCUT2D eigenvalue weighted by Crippen LogP contribution is 2.18. The number of ether oxygens (including phenoxy) is 2. The predicted molar refractivity (Wildman–Crippen MR) is 81.2 cm³/mol. The minimum absolute atomic E-state index is 0.0228. The highest BCUT2D eigenvalue weighted by atomic mass is 16.5. The van der Waals surface area contributed by atoms with Crippen molar-refractivity contribution in [3.8, 4) is 5.75 Å². The molecule has 0 radical (unpaired) electrons. The SMILES string of the molecule is COCC(CNC(C)C)Oc1cnc2ccccc2c1. The second kappa shape index (κ2) is 7.22. The van der Waals surface area contributed by atoms with Crippen LogP contribution < -0.4 is 10.1 Å². The number of methoxy groups -OCH3 is 1. The van der Waals surface area contributed by atoms with Crippen LogP contribution in [0.1, 0.15) is 13.8 Å². The molecule has 0 saturated carbocycles. The van der Waals surface area contributed by atoms with Crippen molar-refractivity contribution < 1.29 is 9.47 Å². The van der Waals surface area contributed by atoms with Gasteiger partial charge >= 0.3 is 0 Å². The number of para-hydroxylation sites is 1. The molecule has 2 rings (SSSR count). The third kappa shape index (κ3) is 4.18. The van der Waals surface area contributed by atoms with Crippen molar-refractivity contribution in [1.29, 1.82) is 0 Å². The van der Waals surface area contributed by atoms with Crippen LogP contribution in [0.2, 0.25) is 0 Å². The Morgan fingerprint density at radius 2 is 2.05 bits per heavy atom. The summed E-state index contributed by atoms with van der Waals surface area (Å²) < 4.78 is 11.2. The zero-order valence-corrected chi connectivity index (χ0v) is 12.3. The lowest BCUT2D eigenvalue weighted by atomic mass is 10.2. The molecule has 1 unspecified atom stereocenters. The molecule has 0 fully saturated rings. The maximum Gasteiger partial charge on any atom is 0.138 e. The number of rotatable bonds is 7. The zero-order valence-electron chi connectivity index (χ0n) is 12.3. The van der Waals surface area contributed by atoms with Crippen LogP contribution in [0.4, 0.5) is 0 Å². The van der Waals surface area contributed by atoms with Crippen LogP contribution in [-0.2, 0) is 4.74 Å². The number of aromatic nitrogens is 1. The Kier molecular flexibility index (Phi) is 5.32. The molecule has 1 atom stereocenters. The molecule has 0 aliphatic heterocycles. The Hall–Kier alpha value is -1.65. The second-order valence-corrected chi connectivity index (χ2v) is 5.12. The van der Waals surface area contributed by atoms with Crippen LogP contribution in [0.25, 0.3) is 10.9 Å². The van der Waals surface area contributed by atoms with Crippen LogP contribution in [0.5, 0.6) is 5.75 Å². The van der Waals surface area contributed by atoms with Gasteiger partial charge in [0.05, 0.1) is 18.3 Å². The van der Waals surface area contributed by atoms with E-state index in [9.17, 15) is 0 Å². The van der Waals surface area contributed by atoms with Crippen LogP contribution in [0.3, 0.4) is 0 Å². The first-order chi connectivity index (χ1) is 9.69. The molecule has 1 aromatic heterocycles. The Morgan fingerprint density at radius 3 is 2.80 bits per heavy atom. The van der Waals surface area contributed by atoms with Crippen LogP contribution in [0.15, 0.2) is 36.5 Å². The summed E-state index contributed by atoms with van der Waals surface area (Å²) in [4.78, 5) is 4.40. The second-order valence-electron chi connectivity index (χ2n) is 5.12. The summed E-state index contributed by atoms with van der Waals surface area (Å²) in [6.45, 7) is 5.52. The van der Waals surface area contributed by atoms with E-state index in [2.05, 4.69) is 24.1 Å². The summed E-state index contributed by atoms with van der Waals surface area (Å²) in [7, 11) is 1.68. The molecule has 20 heavy (non-hydrogen) atoms. The molecule has 108 valence electrons. The van der Waals surface area contributed by atoms with Crippen molar-refractivity contribution in [3.63, 3.8) is 0 Å². The van der Waals surface area contributed by atoms with E-state index in [1.54, 1.807) is 13.3 Å². The van der Waals surface area contributed by atoms with E-state index >= 15 is 0 Å². The predicted octanol–water partition coefficient (Wildman–Crippen LogP) is 2.63. The van der Waals surface area contributed by atoms with E-state index in [1.807, 2.05) is 30.3 Å². The fraction of sp³-hybridized carbons (Fsp3) is 0.438. The Balaban J connectivity index is 2.07. The summed E-state index contributed by atoms with van der Waals surface area (Å²) in [5, 5.41) is 4.44. The van der Waals surface area contributed by atoms with Crippen molar-refractivity contribution in [2.75, 3.05) is 20.3 Å². The lowest BCUT2D eigenvalue weighted by Gasteiger charge is -2.20. The topological polar surface area (TPSA) is 43.4 Å². The molecular weight excluding hydrogens is 252 g/mol. The van der Waals surface area contributed by atoms with E-state index in [1.165, 1.54) is 0 Å². The van der Waals surface area contributed by atoms with Gasteiger partial charge in [0.15, 0.2) is 0 Å². The summed E-state index contributed by atoms with van der Waals surface area (Å²) in [6, 6.07) is 10.4. The van der Waals surface area contributed by atoms with Gasteiger partial charge < -0.3 is 14.8 Å². The van der Waals surface area contributed by atoms with E-state index in [-0.39, 0.29) is 6.10 Å². The molecule has 1 aromatic carbocycles. The van der Waals surface area contributed by atoms with Crippen molar-refractivity contribution in [1.82, 2.24) is 10.3 Å². The standard InChI is InChI=1S/C16H22N2O2/c1-12(2)17-10-15(11-19-3)20-14-8-13-6-4-5-7-16(13)18-9-14/h4-9,12,15,17H,10-11H2,1-3H3. The largest absolute Gasteiger partial charge is 0.485 e. The third-order valence-corrected chi connectivity index (χ3v) is 2.97. The zero-order chi connectivity index (χ0) is 14.4. The third-order valence-electron chi connectivity index (χ3n) is 2.97. The van der Waals surface area contributed by atoms with Gasteiger partial charge in [0.25, 0.3) is 0 Å². The van der Waals surface area contributed by atoms with E-state index in [0.29, 0.717) is 12.6 Å². The first kappa shape index (κ1) is 14.8. The average molecular weight is 274 g/mol. The number of hydrogen-bond acceptors (Lipinski definition) is 4. The Morgan fingerprint density at radius 1 is 1.25 bits per heavy atom. The van der Waals surface area contributed by atoms with Crippen molar-refractivity contribution in [2.24, 2.45) is 0 Å². The Bertz CT molecular complexity index is 543. The quantitative estimate of drug-likeness (QED) is 0.843. The number of nitrogens with zero attached hydrogens (tertiary/aromatic N) is 1. The molecule has 4 nitrogen and oxygen atoms in total. The number of pyridine rings is 1. The van der Waals surface area contributed by atoms with Gasteiger partial charge in [-0.1, -0.05) is 32.0 Å². The fourth-order valence-corrected chi connectivity index (χ4v) is 2.00. The summed E-state index contributed by atoms with van der Waals surface area (Å²) in [5.74, 6) is 0.774. The van der Waals surface area contributed by atoms with Gasteiger partial charge in [-0.25, -0.2) is 0 Å². The Labute approximate surface area is 120 Å². The minimum Gasteiger partial charge on any atom is -0.485 e.